The highest BCUT2D eigenvalue weighted by atomic mass is 35.5. The van der Waals surface area contributed by atoms with Crippen molar-refractivity contribution < 1.29 is 21.6 Å². The van der Waals surface area contributed by atoms with Crippen molar-refractivity contribution >= 4 is 34.0 Å². The van der Waals surface area contributed by atoms with E-state index in [2.05, 4.69) is 0 Å². The number of benzene rings is 1. The molecule has 10 heteroatoms. The molecule has 1 atom stereocenters. The quantitative estimate of drug-likeness (QED) is 0.858. The number of nitrogens with two attached hydrogens (primary N) is 1. The molecule has 1 aliphatic rings. The van der Waals surface area contributed by atoms with Crippen LogP contribution in [0.1, 0.15) is 18.4 Å². The molecule has 1 aliphatic heterocycles. The lowest BCUT2D eigenvalue weighted by atomic mass is 10.0. The summed E-state index contributed by atoms with van der Waals surface area (Å²) in [6.07, 6.45) is -3.44. The van der Waals surface area contributed by atoms with Crippen LogP contribution in [0.2, 0.25) is 5.02 Å². The van der Waals surface area contributed by atoms with Gasteiger partial charge in [0.25, 0.3) is 0 Å². The van der Waals surface area contributed by atoms with Gasteiger partial charge in [-0.2, -0.15) is 17.5 Å². The highest BCUT2D eigenvalue weighted by molar-refractivity contribution is 7.89. The molecule has 132 valence electrons. The number of halogens is 5. The monoisotopic (exact) mass is 392 g/mol. The first-order chi connectivity index (χ1) is 10.2. The highest BCUT2D eigenvalue weighted by Crippen LogP contribution is 2.37. The summed E-state index contributed by atoms with van der Waals surface area (Å²) in [5.41, 5.74) is 4.31. The Morgan fingerprint density at radius 2 is 2.00 bits per heavy atom. The van der Waals surface area contributed by atoms with Crippen molar-refractivity contribution in [1.29, 1.82) is 0 Å². The number of hydrogen-bond donors (Lipinski definition) is 1. The van der Waals surface area contributed by atoms with Gasteiger partial charge in [0.2, 0.25) is 10.0 Å². The van der Waals surface area contributed by atoms with Crippen molar-refractivity contribution in [3.63, 3.8) is 0 Å². The van der Waals surface area contributed by atoms with Crippen molar-refractivity contribution in [3.8, 4) is 0 Å². The zero-order valence-corrected chi connectivity index (χ0v) is 14.4. The zero-order chi connectivity index (χ0) is 16.5. The van der Waals surface area contributed by atoms with E-state index in [1.807, 2.05) is 0 Å². The minimum Gasteiger partial charge on any atom is -0.330 e. The van der Waals surface area contributed by atoms with Crippen molar-refractivity contribution in [1.82, 2.24) is 4.31 Å². The SMILES string of the molecule is Cl.NCC1CCCN(S(=O)(=O)c2ccc(Cl)cc2C(F)(F)F)C1. The summed E-state index contributed by atoms with van der Waals surface area (Å²) in [6.45, 7) is 0.635. The minimum absolute atomic E-state index is 0. The fraction of sp³-hybridized carbons (Fsp3) is 0.538. The summed E-state index contributed by atoms with van der Waals surface area (Å²) in [7, 11) is -4.24. The van der Waals surface area contributed by atoms with Crippen LogP contribution < -0.4 is 5.73 Å². The molecule has 0 amide bonds. The van der Waals surface area contributed by atoms with Gasteiger partial charge in [-0.3, -0.25) is 0 Å². The van der Waals surface area contributed by atoms with Crippen molar-refractivity contribution in [2.45, 2.75) is 23.9 Å². The van der Waals surface area contributed by atoms with E-state index in [-0.39, 0.29) is 36.4 Å². The van der Waals surface area contributed by atoms with Crippen LogP contribution >= 0.6 is 24.0 Å². The average molecular weight is 393 g/mol. The fourth-order valence-corrected chi connectivity index (χ4v) is 4.44. The maximum absolute atomic E-state index is 13.1. The molecule has 1 fully saturated rings. The molecule has 1 aromatic rings. The predicted molar refractivity (Wildman–Crippen MR) is 84.2 cm³/mol. The number of nitrogens with zero attached hydrogens (tertiary/aromatic N) is 1. The van der Waals surface area contributed by atoms with Gasteiger partial charge in [-0.1, -0.05) is 11.6 Å². The standard InChI is InChI=1S/C13H16ClF3N2O2S.ClH/c14-10-3-4-12(11(6-10)13(15,16)17)22(20,21)19-5-1-2-9(7-18)8-19;/h3-4,6,9H,1-2,5,7-8,18H2;1H. The molecule has 0 spiro atoms. The van der Waals surface area contributed by atoms with Crippen LogP contribution in [0.25, 0.3) is 0 Å². The normalized spacial score (nSPS) is 20.1. The Bertz CT molecular complexity index is 653. The van der Waals surface area contributed by atoms with Gasteiger partial charge in [0.1, 0.15) is 0 Å². The summed E-state index contributed by atoms with van der Waals surface area (Å²) in [6, 6.07) is 2.69. The molecule has 23 heavy (non-hydrogen) atoms. The van der Waals surface area contributed by atoms with Gasteiger partial charge in [-0.15, -0.1) is 12.4 Å². The van der Waals surface area contributed by atoms with Crippen LogP contribution in [0.4, 0.5) is 13.2 Å². The van der Waals surface area contributed by atoms with Gasteiger partial charge in [0.15, 0.2) is 0 Å². The molecule has 0 aliphatic carbocycles. The largest absolute Gasteiger partial charge is 0.417 e. The molecule has 0 saturated carbocycles. The molecule has 0 bridgehead atoms. The van der Waals surface area contributed by atoms with E-state index < -0.39 is 26.7 Å². The third-order valence-electron chi connectivity index (χ3n) is 3.68. The van der Waals surface area contributed by atoms with Gasteiger partial charge in [0, 0.05) is 18.1 Å². The van der Waals surface area contributed by atoms with Crippen LogP contribution in [-0.2, 0) is 16.2 Å². The fourth-order valence-electron chi connectivity index (χ4n) is 2.53. The smallest absolute Gasteiger partial charge is 0.330 e. The van der Waals surface area contributed by atoms with Gasteiger partial charge >= 0.3 is 6.18 Å². The maximum atomic E-state index is 13.1. The average Bonchev–Trinajstić information content (AvgIpc) is 2.46. The van der Waals surface area contributed by atoms with E-state index in [4.69, 9.17) is 17.3 Å². The number of sulfonamides is 1. The number of alkyl halides is 3. The maximum Gasteiger partial charge on any atom is 0.417 e. The first-order valence-electron chi connectivity index (χ1n) is 6.73. The molecule has 1 aromatic carbocycles. The molecule has 1 saturated heterocycles. The molecular weight excluding hydrogens is 376 g/mol. The molecule has 0 radical (unpaired) electrons. The number of piperidine rings is 1. The Morgan fingerprint density at radius 1 is 1.35 bits per heavy atom. The molecule has 4 nitrogen and oxygen atoms in total. The summed E-state index contributed by atoms with van der Waals surface area (Å²) >= 11 is 5.58. The summed E-state index contributed by atoms with van der Waals surface area (Å²) in [5.74, 6) is -0.0369. The van der Waals surface area contributed by atoms with E-state index >= 15 is 0 Å². The highest BCUT2D eigenvalue weighted by Gasteiger charge is 2.40. The van der Waals surface area contributed by atoms with Crippen molar-refractivity contribution in [2.75, 3.05) is 19.6 Å². The minimum atomic E-state index is -4.80. The van der Waals surface area contributed by atoms with E-state index in [1.54, 1.807) is 0 Å². The van der Waals surface area contributed by atoms with Crippen molar-refractivity contribution in [3.05, 3.63) is 28.8 Å². The van der Waals surface area contributed by atoms with Crippen LogP contribution in [0.3, 0.4) is 0 Å². The lowest BCUT2D eigenvalue weighted by molar-refractivity contribution is -0.139. The number of rotatable bonds is 3. The van der Waals surface area contributed by atoms with Crippen LogP contribution in [0, 0.1) is 5.92 Å². The number of hydrogen-bond acceptors (Lipinski definition) is 3. The van der Waals surface area contributed by atoms with Crippen LogP contribution in [0.5, 0.6) is 0 Å². The first-order valence-corrected chi connectivity index (χ1v) is 8.55. The van der Waals surface area contributed by atoms with E-state index in [1.165, 1.54) is 0 Å². The lowest BCUT2D eigenvalue weighted by Crippen LogP contribution is -2.42. The summed E-state index contributed by atoms with van der Waals surface area (Å²) in [4.78, 5) is -0.762. The van der Waals surface area contributed by atoms with E-state index in [0.717, 1.165) is 22.9 Å². The third-order valence-corrected chi connectivity index (χ3v) is 5.84. The molecule has 0 aromatic heterocycles. The second-order valence-corrected chi connectivity index (χ2v) is 7.59. The Kier molecular flexibility index (Phi) is 6.74. The molecule has 2 N–H and O–H groups in total. The Morgan fingerprint density at radius 3 is 2.57 bits per heavy atom. The van der Waals surface area contributed by atoms with Gasteiger partial charge in [-0.05, 0) is 43.5 Å². The second-order valence-electron chi connectivity index (χ2n) is 5.25. The molecule has 1 heterocycles. The summed E-state index contributed by atoms with van der Waals surface area (Å²) in [5, 5.41) is -0.162. The Labute approximate surface area is 144 Å². The topological polar surface area (TPSA) is 63.4 Å². The zero-order valence-electron chi connectivity index (χ0n) is 12.0. The lowest BCUT2D eigenvalue weighted by Gasteiger charge is -2.31. The predicted octanol–water partition coefficient (Wildman–Crippen LogP) is 3.14. The summed E-state index contributed by atoms with van der Waals surface area (Å²) < 4.78 is 65.5. The first kappa shape index (κ1) is 20.5. The van der Waals surface area contributed by atoms with E-state index in [0.29, 0.717) is 19.0 Å². The van der Waals surface area contributed by atoms with E-state index in [9.17, 15) is 21.6 Å². The second kappa shape index (κ2) is 7.57. The Hall–Kier alpha value is -0.540. The van der Waals surface area contributed by atoms with Gasteiger partial charge in [0.05, 0.1) is 10.5 Å². The van der Waals surface area contributed by atoms with Crippen LogP contribution in [-0.4, -0.2) is 32.4 Å². The van der Waals surface area contributed by atoms with Crippen molar-refractivity contribution in [2.24, 2.45) is 11.7 Å². The van der Waals surface area contributed by atoms with Gasteiger partial charge < -0.3 is 5.73 Å². The Balaban J connectivity index is 0.00000264. The molecule has 1 unspecified atom stereocenters. The molecular formula is C13H17Cl2F3N2O2S. The molecule has 2 rings (SSSR count). The third kappa shape index (κ3) is 4.51. The van der Waals surface area contributed by atoms with Gasteiger partial charge in [-0.25, -0.2) is 8.42 Å². The van der Waals surface area contributed by atoms with Crippen LogP contribution in [0.15, 0.2) is 23.1 Å².